The third-order valence-electron chi connectivity index (χ3n) is 5.30. The molecule has 1 N–H and O–H groups in total. The Balaban J connectivity index is 1.47. The molecule has 2 aromatic carbocycles. The summed E-state index contributed by atoms with van der Waals surface area (Å²) < 4.78 is 7.07. The van der Waals surface area contributed by atoms with Crippen molar-refractivity contribution in [3.8, 4) is 0 Å². The number of anilines is 2. The molecule has 1 fully saturated rings. The van der Waals surface area contributed by atoms with Gasteiger partial charge in [0.25, 0.3) is 5.56 Å². The molecule has 0 saturated carbocycles. The minimum atomic E-state index is -0.173. The largest absolute Gasteiger partial charge is 0.372 e. The van der Waals surface area contributed by atoms with Gasteiger partial charge in [-0.3, -0.25) is 9.59 Å². The molecule has 156 valence electrons. The number of ether oxygens (including phenoxy) is 1. The first kappa shape index (κ1) is 20.1. The van der Waals surface area contributed by atoms with Crippen LogP contribution in [-0.2, 0) is 23.0 Å². The summed E-state index contributed by atoms with van der Waals surface area (Å²) in [4.78, 5) is 27.2. The van der Waals surface area contributed by atoms with E-state index in [0.717, 1.165) is 24.5 Å². The second kappa shape index (κ2) is 8.28. The number of carbonyl (C=O) groups is 1. The van der Waals surface area contributed by atoms with Crippen molar-refractivity contribution >= 4 is 28.1 Å². The Morgan fingerprint density at radius 3 is 2.37 bits per heavy atom. The molecule has 1 amide bonds. The first-order valence-electron chi connectivity index (χ1n) is 10.2. The van der Waals surface area contributed by atoms with E-state index in [1.807, 2.05) is 42.5 Å². The van der Waals surface area contributed by atoms with Crippen LogP contribution in [0.25, 0.3) is 10.8 Å². The average molecular weight is 406 g/mol. The van der Waals surface area contributed by atoms with Crippen molar-refractivity contribution in [2.45, 2.75) is 32.5 Å². The molecule has 2 heterocycles. The van der Waals surface area contributed by atoms with Gasteiger partial charge in [-0.15, -0.1) is 0 Å². The van der Waals surface area contributed by atoms with Gasteiger partial charge >= 0.3 is 0 Å². The number of rotatable bonds is 4. The van der Waals surface area contributed by atoms with Crippen LogP contribution in [0.5, 0.6) is 0 Å². The highest BCUT2D eigenvalue weighted by molar-refractivity contribution is 5.95. The standard InChI is InChI=1S/C23H26N4O3/c1-15-13-27(14-16(2)30-15)18-10-8-17(9-11-18)24-22(28)12-21-19-6-4-5-7-20(19)23(29)26(3)25-21/h4-11,15-16H,12-14H2,1-3H3,(H,24,28). The molecule has 1 aliphatic rings. The lowest BCUT2D eigenvalue weighted by atomic mass is 10.1. The lowest BCUT2D eigenvalue weighted by Crippen LogP contribution is -2.45. The molecule has 30 heavy (non-hydrogen) atoms. The van der Waals surface area contributed by atoms with E-state index in [-0.39, 0.29) is 30.1 Å². The van der Waals surface area contributed by atoms with Crippen LogP contribution >= 0.6 is 0 Å². The molecule has 4 rings (SSSR count). The zero-order valence-corrected chi connectivity index (χ0v) is 17.5. The minimum absolute atomic E-state index is 0.0921. The molecule has 0 radical (unpaired) electrons. The SMILES string of the molecule is CC1CN(c2ccc(NC(=O)Cc3nn(C)c(=O)c4ccccc34)cc2)CC(C)O1. The molecule has 1 saturated heterocycles. The van der Waals surface area contributed by atoms with Crippen LogP contribution in [0.15, 0.2) is 53.3 Å². The molecule has 7 nitrogen and oxygen atoms in total. The Hall–Kier alpha value is -3.19. The van der Waals surface area contributed by atoms with Crippen LogP contribution in [0.3, 0.4) is 0 Å². The summed E-state index contributed by atoms with van der Waals surface area (Å²) in [5.41, 5.74) is 2.25. The summed E-state index contributed by atoms with van der Waals surface area (Å²) in [5.74, 6) is -0.173. The van der Waals surface area contributed by atoms with Gasteiger partial charge in [0.15, 0.2) is 0 Å². The quantitative estimate of drug-likeness (QED) is 0.721. The number of carbonyl (C=O) groups excluding carboxylic acids is 1. The number of morpholine rings is 1. The topological polar surface area (TPSA) is 76.5 Å². The van der Waals surface area contributed by atoms with Crippen molar-refractivity contribution in [3.05, 3.63) is 64.6 Å². The van der Waals surface area contributed by atoms with Gasteiger partial charge in [-0.2, -0.15) is 5.10 Å². The molecule has 2 atom stereocenters. The van der Waals surface area contributed by atoms with Gasteiger partial charge in [-0.05, 0) is 44.2 Å². The van der Waals surface area contributed by atoms with E-state index in [9.17, 15) is 9.59 Å². The van der Waals surface area contributed by atoms with Crippen LogP contribution in [-0.4, -0.2) is 41.0 Å². The Morgan fingerprint density at radius 2 is 1.70 bits per heavy atom. The number of nitrogens with one attached hydrogen (secondary N) is 1. The predicted molar refractivity (Wildman–Crippen MR) is 118 cm³/mol. The fraction of sp³-hybridized carbons (Fsp3) is 0.348. The highest BCUT2D eigenvalue weighted by Crippen LogP contribution is 2.22. The maximum Gasteiger partial charge on any atom is 0.274 e. The van der Waals surface area contributed by atoms with Crippen molar-refractivity contribution in [2.24, 2.45) is 7.05 Å². The van der Waals surface area contributed by atoms with Gasteiger partial charge in [-0.1, -0.05) is 18.2 Å². The van der Waals surface area contributed by atoms with E-state index in [1.165, 1.54) is 4.68 Å². The van der Waals surface area contributed by atoms with Crippen LogP contribution < -0.4 is 15.8 Å². The van der Waals surface area contributed by atoms with Crippen molar-refractivity contribution < 1.29 is 9.53 Å². The molecule has 2 unspecified atom stereocenters. The molecule has 0 bridgehead atoms. The zero-order chi connectivity index (χ0) is 21.3. The van der Waals surface area contributed by atoms with E-state index in [1.54, 1.807) is 13.1 Å². The Bertz CT molecular complexity index is 1110. The third kappa shape index (κ3) is 4.21. The molecular formula is C23H26N4O3. The number of fused-ring (bicyclic) bond motifs is 1. The van der Waals surface area contributed by atoms with E-state index >= 15 is 0 Å². The van der Waals surface area contributed by atoms with Crippen molar-refractivity contribution in [3.63, 3.8) is 0 Å². The number of hydrogen-bond donors (Lipinski definition) is 1. The van der Waals surface area contributed by atoms with Crippen LogP contribution in [0.2, 0.25) is 0 Å². The average Bonchev–Trinajstić information content (AvgIpc) is 2.71. The van der Waals surface area contributed by atoms with E-state index in [4.69, 9.17) is 4.74 Å². The third-order valence-corrected chi connectivity index (χ3v) is 5.30. The number of amides is 1. The zero-order valence-electron chi connectivity index (χ0n) is 17.5. The second-order valence-corrected chi connectivity index (χ2v) is 7.86. The van der Waals surface area contributed by atoms with Gasteiger partial charge < -0.3 is 15.0 Å². The summed E-state index contributed by atoms with van der Waals surface area (Å²) in [6.45, 7) is 5.85. The molecule has 0 aliphatic carbocycles. The molecule has 7 heteroatoms. The molecular weight excluding hydrogens is 380 g/mol. The number of benzene rings is 2. The Labute approximate surface area is 175 Å². The van der Waals surface area contributed by atoms with E-state index in [2.05, 4.69) is 29.2 Å². The Kier molecular flexibility index (Phi) is 5.55. The molecule has 0 spiro atoms. The lowest BCUT2D eigenvalue weighted by molar-refractivity contribution is -0.115. The summed E-state index contributed by atoms with van der Waals surface area (Å²) >= 11 is 0. The highest BCUT2D eigenvalue weighted by atomic mass is 16.5. The predicted octanol–water partition coefficient (Wildman–Crippen LogP) is 2.73. The highest BCUT2D eigenvalue weighted by Gasteiger charge is 2.22. The Morgan fingerprint density at radius 1 is 1.07 bits per heavy atom. The first-order valence-corrected chi connectivity index (χ1v) is 10.2. The van der Waals surface area contributed by atoms with E-state index < -0.39 is 0 Å². The minimum Gasteiger partial charge on any atom is -0.372 e. The summed E-state index contributed by atoms with van der Waals surface area (Å²) in [7, 11) is 1.60. The maximum atomic E-state index is 12.6. The van der Waals surface area contributed by atoms with Crippen molar-refractivity contribution in [1.29, 1.82) is 0 Å². The van der Waals surface area contributed by atoms with Crippen LogP contribution in [0, 0.1) is 0 Å². The van der Waals surface area contributed by atoms with E-state index in [0.29, 0.717) is 16.5 Å². The summed E-state index contributed by atoms with van der Waals surface area (Å²) in [6, 6.07) is 15.1. The first-order chi connectivity index (χ1) is 14.4. The number of aromatic nitrogens is 2. The monoisotopic (exact) mass is 406 g/mol. The molecule has 1 aliphatic heterocycles. The van der Waals surface area contributed by atoms with Gasteiger partial charge in [0.05, 0.1) is 29.7 Å². The fourth-order valence-corrected chi connectivity index (χ4v) is 4.01. The van der Waals surface area contributed by atoms with Gasteiger partial charge in [0.1, 0.15) is 0 Å². The van der Waals surface area contributed by atoms with Crippen molar-refractivity contribution in [2.75, 3.05) is 23.3 Å². The number of aryl methyl sites for hydroxylation is 1. The van der Waals surface area contributed by atoms with Crippen LogP contribution in [0.1, 0.15) is 19.5 Å². The lowest BCUT2D eigenvalue weighted by Gasteiger charge is -2.36. The fourth-order valence-electron chi connectivity index (χ4n) is 4.01. The molecule has 3 aromatic rings. The number of nitrogens with zero attached hydrogens (tertiary/aromatic N) is 3. The maximum absolute atomic E-state index is 12.6. The number of hydrogen-bond acceptors (Lipinski definition) is 5. The van der Waals surface area contributed by atoms with Gasteiger partial charge in [0, 0.05) is 36.9 Å². The normalized spacial score (nSPS) is 19.1. The van der Waals surface area contributed by atoms with Crippen molar-refractivity contribution in [1.82, 2.24) is 9.78 Å². The van der Waals surface area contributed by atoms with Gasteiger partial charge in [0.2, 0.25) is 5.91 Å². The second-order valence-electron chi connectivity index (χ2n) is 7.86. The molecule has 1 aromatic heterocycles. The summed E-state index contributed by atoms with van der Waals surface area (Å²) in [6.07, 6.45) is 0.476. The van der Waals surface area contributed by atoms with Crippen LogP contribution in [0.4, 0.5) is 11.4 Å². The summed E-state index contributed by atoms with van der Waals surface area (Å²) in [5, 5.41) is 8.50. The smallest absolute Gasteiger partial charge is 0.274 e. The van der Waals surface area contributed by atoms with Gasteiger partial charge in [-0.25, -0.2) is 4.68 Å².